The van der Waals surface area contributed by atoms with Crippen LogP contribution in [0.25, 0.3) is 0 Å². The van der Waals surface area contributed by atoms with Gasteiger partial charge in [-0.05, 0) is 20.8 Å². The first-order chi connectivity index (χ1) is 3.95. The van der Waals surface area contributed by atoms with Crippen molar-refractivity contribution in [3.63, 3.8) is 0 Å². The van der Waals surface area contributed by atoms with Crippen molar-refractivity contribution in [3.8, 4) is 0 Å². The predicted molar refractivity (Wildman–Crippen MR) is 39.2 cm³/mol. The molecule has 0 radical (unpaired) electrons. The Hall–Kier alpha value is -0.465. The number of rotatable bonds is 1. The topological polar surface area (TPSA) is 26.3 Å². The molecule has 0 aromatic heterocycles. The Morgan fingerprint density at radius 2 is 1.89 bits per heavy atom. The van der Waals surface area contributed by atoms with Gasteiger partial charge in [-0.1, -0.05) is 6.82 Å². The Bertz CT molecular complexity index is 104. The monoisotopic (exact) mass is 128 g/mol. The van der Waals surface area contributed by atoms with Crippen LogP contribution in [-0.4, -0.2) is 18.7 Å². The van der Waals surface area contributed by atoms with Crippen molar-refractivity contribution in [2.45, 2.75) is 33.2 Å². The lowest BCUT2D eigenvalue weighted by Crippen LogP contribution is -2.25. The molecule has 3 heteroatoms. The maximum absolute atomic E-state index is 10.6. The van der Waals surface area contributed by atoms with E-state index in [1.54, 1.807) is 6.82 Å². The molecular weight excluding hydrogens is 115 g/mol. The molecule has 52 valence electrons. The molecule has 0 amide bonds. The minimum absolute atomic E-state index is 0.137. The highest BCUT2D eigenvalue weighted by Gasteiger charge is 2.14. The van der Waals surface area contributed by atoms with Gasteiger partial charge in [0.2, 0.25) is 5.87 Å². The molecule has 0 aliphatic carbocycles. The summed E-state index contributed by atoms with van der Waals surface area (Å²) in [5.41, 5.74) is -0.326. The lowest BCUT2D eigenvalue weighted by atomic mass is 9.83. The molecule has 0 fully saturated rings. The van der Waals surface area contributed by atoms with Crippen molar-refractivity contribution in [1.29, 1.82) is 0 Å². The molecule has 0 aromatic rings. The summed E-state index contributed by atoms with van der Waals surface area (Å²) < 4.78 is 4.95. The van der Waals surface area contributed by atoms with Gasteiger partial charge < -0.3 is 4.74 Å². The normalized spacial score (nSPS) is 10.7. The minimum Gasteiger partial charge on any atom is -0.468 e. The molecular formula is C6H13BO2. The summed E-state index contributed by atoms with van der Waals surface area (Å²) in [5.74, 6) is -0.137. The van der Waals surface area contributed by atoms with E-state index in [9.17, 15) is 4.79 Å². The molecule has 9 heavy (non-hydrogen) atoms. The lowest BCUT2D eigenvalue weighted by Gasteiger charge is -2.18. The van der Waals surface area contributed by atoms with E-state index in [1.165, 1.54) is 0 Å². The van der Waals surface area contributed by atoms with Gasteiger partial charge in [0, 0.05) is 0 Å². The zero-order chi connectivity index (χ0) is 7.49. The van der Waals surface area contributed by atoms with E-state index < -0.39 is 0 Å². The Morgan fingerprint density at radius 3 is 2.00 bits per heavy atom. The summed E-state index contributed by atoms with van der Waals surface area (Å²) in [6, 6.07) is 0. The summed E-state index contributed by atoms with van der Waals surface area (Å²) in [7, 11) is 0.456. The van der Waals surface area contributed by atoms with Gasteiger partial charge >= 0.3 is 0 Å². The molecule has 0 unspecified atom stereocenters. The van der Waals surface area contributed by atoms with Gasteiger partial charge in [0.05, 0.1) is 0 Å². The van der Waals surface area contributed by atoms with Crippen LogP contribution in [0.2, 0.25) is 6.82 Å². The summed E-state index contributed by atoms with van der Waals surface area (Å²) in [6.45, 7) is 7.37. The molecule has 0 saturated carbocycles. The van der Waals surface area contributed by atoms with Crippen LogP contribution in [0.3, 0.4) is 0 Å². The molecule has 0 atom stereocenters. The zero-order valence-corrected chi connectivity index (χ0v) is 6.52. The standard InChI is InChI=1S/C6H13BO2/c1-6(2,3)9-5(8)7-4/h7H,1-4H3. The van der Waals surface area contributed by atoms with Gasteiger partial charge in [-0.3, -0.25) is 4.79 Å². The van der Waals surface area contributed by atoms with Gasteiger partial charge in [0.25, 0.3) is 7.28 Å². The average molecular weight is 128 g/mol. The molecule has 0 bridgehead atoms. The fraction of sp³-hybridized carbons (Fsp3) is 0.833. The SMILES string of the molecule is CBC(=O)OC(C)(C)C. The fourth-order valence-corrected chi connectivity index (χ4v) is 0.414. The number of hydrogen-bond acceptors (Lipinski definition) is 2. The molecule has 0 rings (SSSR count). The Kier molecular flexibility index (Phi) is 2.75. The van der Waals surface area contributed by atoms with Crippen LogP contribution in [0.4, 0.5) is 4.79 Å². The highest BCUT2D eigenvalue weighted by Crippen LogP contribution is 2.06. The van der Waals surface area contributed by atoms with Crippen LogP contribution in [0.15, 0.2) is 0 Å². The molecule has 0 heterocycles. The number of hydrogen-bond donors (Lipinski definition) is 0. The summed E-state index contributed by atoms with van der Waals surface area (Å²) >= 11 is 0. The molecule has 2 nitrogen and oxygen atoms in total. The lowest BCUT2D eigenvalue weighted by molar-refractivity contribution is 0.0718. The second kappa shape index (κ2) is 2.90. The molecule has 0 spiro atoms. The maximum atomic E-state index is 10.6. The van der Waals surface area contributed by atoms with Crippen LogP contribution >= 0.6 is 0 Å². The second-order valence-corrected chi connectivity index (χ2v) is 2.94. The zero-order valence-electron chi connectivity index (χ0n) is 6.52. The van der Waals surface area contributed by atoms with Gasteiger partial charge in [-0.15, -0.1) is 0 Å². The van der Waals surface area contributed by atoms with E-state index in [4.69, 9.17) is 4.74 Å². The van der Waals surface area contributed by atoms with Gasteiger partial charge in [-0.2, -0.15) is 0 Å². The quantitative estimate of drug-likeness (QED) is 0.499. The van der Waals surface area contributed by atoms with Crippen LogP contribution < -0.4 is 0 Å². The van der Waals surface area contributed by atoms with Crippen molar-refractivity contribution < 1.29 is 9.53 Å². The van der Waals surface area contributed by atoms with E-state index >= 15 is 0 Å². The molecule has 0 aliphatic rings. The van der Waals surface area contributed by atoms with Crippen molar-refractivity contribution in [1.82, 2.24) is 0 Å². The van der Waals surface area contributed by atoms with Crippen molar-refractivity contribution in [2.75, 3.05) is 0 Å². The van der Waals surface area contributed by atoms with E-state index in [0.29, 0.717) is 7.28 Å². The van der Waals surface area contributed by atoms with Crippen molar-refractivity contribution in [3.05, 3.63) is 0 Å². The first-order valence-corrected chi connectivity index (χ1v) is 3.17. The highest BCUT2D eigenvalue weighted by molar-refractivity contribution is 6.70. The third-order valence-corrected chi connectivity index (χ3v) is 0.709. The van der Waals surface area contributed by atoms with E-state index in [-0.39, 0.29) is 11.5 Å². The van der Waals surface area contributed by atoms with E-state index in [2.05, 4.69) is 0 Å². The molecule has 0 N–H and O–H groups in total. The molecule has 0 aromatic carbocycles. The van der Waals surface area contributed by atoms with Gasteiger partial charge in [-0.25, -0.2) is 0 Å². The maximum Gasteiger partial charge on any atom is 0.257 e. The average Bonchev–Trinajstić information content (AvgIpc) is 1.62. The number of carbonyl (C=O) groups excluding carboxylic acids is 1. The van der Waals surface area contributed by atoms with Gasteiger partial charge in [0.15, 0.2) is 0 Å². The minimum atomic E-state index is -0.326. The predicted octanol–water partition coefficient (Wildman–Crippen LogP) is 1.41. The first-order valence-electron chi connectivity index (χ1n) is 3.17. The summed E-state index contributed by atoms with van der Waals surface area (Å²) in [6.07, 6.45) is 0. The Balaban J connectivity index is 3.60. The third kappa shape index (κ3) is 5.41. The first kappa shape index (κ1) is 8.53. The summed E-state index contributed by atoms with van der Waals surface area (Å²) in [5, 5.41) is 0. The summed E-state index contributed by atoms with van der Waals surface area (Å²) in [4.78, 5) is 10.6. The largest absolute Gasteiger partial charge is 0.468 e. The van der Waals surface area contributed by atoms with Gasteiger partial charge in [0.1, 0.15) is 5.60 Å². The highest BCUT2D eigenvalue weighted by atomic mass is 16.5. The molecule has 0 aliphatic heterocycles. The van der Waals surface area contributed by atoms with Crippen molar-refractivity contribution in [2.24, 2.45) is 0 Å². The molecule has 0 saturated heterocycles. The van der Waals surface area contributed by atoms with E-state index in [0.717, 1.165) is 0 Å². The third-order valence-electron chi connectivity index (χ3n) is 0.709. The smallest absolute Gasteiger partial charge is 0.257 e. The van der Waals surface area contributed by atoms with E-state index in [1.807, 2.05) is 20.8 Å². The van der Waals surface area contributed by atoms with Crippen LogP contribution in [0.1, 0.15) is 20.8 Å². The Labute approximate surface area is 56.8 Å². The number of ether oxygens (including phenoxy) is 1. The van der Waals surface area contributed by atoms with Crippen LogP contribution in [-0.2, 0) is 4.74 Å². The fourth-order valence-electron chi connectivity index (χ4n) is 0.414. The van der Waals surface area contributed by atoms with Crippen molar-refractivity contribution >= 4 is 13.1 Å². The second-order valence-electron chi connectivity index (χ2n) is 2.94. The Morgan fingerprint density at radius 1 is 1.44 bits per heavy atom. The van der Waals surface area contributed by atoms with Crippen LogP contribution in [0, 0.1) is 0 Å². The van der Waals surface area contributed by atoms with Crippen LogP contribution in [0.5, 0.6) is 0 Å². The number of carbonyl (C=O) groups is 1.